The van der Waals surface area contributed by atoms with Crippen LogP contribution in [0.3, 0.4) is 0 Å². The van der Waals surface area contributed by atoms with Crippen LogP contribution in [0.1, 0.15) is 11.1 Å². The number of nitrogens with one attached hydrogen (secondary N) is 2. The third kappa shape index (κ3) is 5.18. The lowest BCUT2D eigenvalue weighted by atomic mass is 10.2. The minimum Gasteiger partial charge on any atom is -0.497 e. The number of methoxy groups -OCH3 is 1. The van der Waals surface area contributed by atoms with Crippen molar-refractivity contribution in [1.29, 1.82) is 5.26 Å². The van der Waals surface area contributed by atoms with Crippen molar-refractivity contribution >= 4 is 5.91 Å². The molecule has 0 heterocycles. The van der Waals surface area contributed by atoms with Gasteiger partial charge in [0.2, 0.25) is 0 Å². The molecule has 24 heavy (non-hydrogen) atoms. The summed E-state index contributed by atoms with van der Waals surface area (Å²) in [4.78, 5) is 12.0. The minimum absolute atomic E-state index is 0.0360. The first-order valence-corrected chi connectivity index (χ1v) is 7.51. The Labute approximate surface area is 141 Å². The van der Waals surface area contributed by atoms with Gasteiger partial charge in [-0.15, -0.1) is 0 Å². The van der Waals surface area contributed by atoms with Crippen molar-refractivity contribution in [3.05, 3.63) is 77.5 Å². The maximum atomic E-state index is 12.0. The number of hydrogen-bond donors (Lipinski definition) is 2. The Bertz CT molecular complexity index is 749. The van der Waals surface area contributed by atoms with Crippen LogP contribution in [-0.4, -0.2) is 13.0 Å². The highest BCUT2D eigenvalue weighted by atomic mass is 16.5. The molecule has 0 bridgehead atoms. The Hall–Kier alpha value is -3.26. The van der Waals surface area contributed by atoms with Crippen LogP contribution in [0, 0.1) is 11.3 Å². The van der Waals surface area contributed by atoms with Crippen molar-refractivity contribution in [2.45, 2.75) is 13.1 Å². The van der Waals surface area contributed by atoms with Crippen LogP contribution in [0.25, 0.3) is 0 Å². The highest BCUT2D eigenvalue weighted by molar-refractivity contribution is 5.97. The van der Waals surface area contributed by atoms with Crippen molar-refractivity contribution in [3.63, 3.8) is 0 Å². The SMILES string of the molecule is COc1cccc(CN/C=C(/C#N)C(=O)NCc2ccccc2)c1. The van der Waals surface area contributed by atoms with Crippen LogP contribution in [0.5, 0.6) is 5.75 Å². The first kappa shape index (κ1) is 17.1. The fourth-order valence-corrected chi connectivity index (χ4v) is 2.08. The first-order valence-electron chi connectivity index (χ1n) is 7.51. The molecule has 0 saturated heterocycles. The van der Waals surface area contributed by atoms with E-state index in [1.807, 2.05) is 60.7 Å². The van der Waals surface area contributed by atoms with Crippen LogP contribution < -0.4 is 15.4 Å². The molecular weight excluding hydrogens is 302 g/mol. The molecule has 0 atom stereocenters. The van der Waals surface area contributed by atoms with Gasteiger partial charge in [-0.25, -0.2) is 0 Å². The standard InChI is InChI=1S/C19H19N3O2/c1-24-18-9-5-8-16(10-18)12-21-14-17(11-20)19(23)22-13-15-6-3-2-4-7-15/h2-10,14,21H,12-13H2,1H3,(H,22,23)/b17-14-. The summed E-state index contributed by atoms with van der Waals surface area (Å²) in [5, 5.41) is 14.8. The van der Waals surface area contributed by atoms with Gasteiger partial charge in [-0.05, 0) is 23.3 Å². The fraction of sp³-hybridized carbons (Fsp3) is 0.158. The van der Waals surface area contributed by atoms with Gasteiger partial charge in [-0.3, -0.25) is 4.79 Å². The molecule has 0 aromatic heterocycles. The summed E-state index contributed by atoms with van der Waals surface area (Å²) in [7, 11) is 1.61. The number of hydrogen-bond acceptors (Lipinski definition) is 4. The maximum Gasteiger partial charge on any atom is 0.263 e. The molecule has 122 valence electrons. The van der Waals surface area contributed by atoms with E-state index in [9.17, 15) is 4.79 Å². The molecule has 5 nitrogen and oxygen atoms in total. The van der Waals surface area contributed by atoms with E-state index in [4.69, 9.17) is 10.00 Å². The third-order valence-corrected chi connectivity index (χ3v) is 3.35. The van der Waals surface area contributed by atoms with E-state index in [1.165, 1.54) is 6.20 Å². The van der Waals surface area contributed by atoms with Crippen LogP contribution in [-0.2, 0) is 17.9 Å². The average Bonchev–Trinajstić information content (AvgIpc) is 2.64. The zero-order valence-electron chi connectivity index (χ0n) is 13.5. The second-order valence-corrected chi connectivity index (χ2v) is 5.07. The Morgan fingerprint density at radius 3 is 2.58 bits per heavy atom. The number of nitriles is 1. The summed E-state index contributed by atoms with van der Waals surface area (Å²) >= 11 is 0. The smallest absolute Gasteiger partial charge is 0.263 e. The molecule has 0 aliphatic rings. The van der Waals surface area contributed by atoms with Gasteiger partial charge in [0.1, 0.15) is 17.4 Å². The number of amides is 1. The number of rotatable bonds is 7. The largest absolute Gasteiger partial charge is 0.497 e. The topological polar surface area (TPSA) is 74.1 Å². The van der Waals surface area contributed by atoms with Gasteiger partial charge in [0.15, 0.2) is 0 Å². The van der Waals surface area contributed by atoms with E-state index in [-0.39, 0.29) is 5.57 Å². The Kier molecular flexibility index (Phi) is 6.42. The van der Waals surface area contributed by atoms with Gasteiger partial charge in [0, 0.05) is 19.3 Å². The molecule has 1 amide bonds. The van der Waals surface area contributed by atoms with Gasteiger partial charge in [-0.1, -0.05) is 42.5 Å². The Balaban J connectivity index is 1.88. The van der Waals surface area contributed by atoms with E-state index >= 15 is 0 Å². The van der Waals surface area contributed by atoms with Gasteiger partial charge >= 0.3 is 0 Å². The van der Waals surface area contributed by atoms with Crippen molar-refractivity contribution in [1.82, 2.24) is 10.6 Å². The summed E-state index contributed by atoms with van der Waals surface area (Å²) in [6.07, 6.45) is 1.43. The third-order valence-electron chi connectivity index (χ3n) is 3.35. The zero-order valence-corrected chi connectivity index (χ0v) is 13.5. The normalized spacial score (nSPS) is 10.6. The average molecular weight is 321 g/mol. The van der Waals surface area contributed by atoms with Crippen LogP contribution in [0.4, 0.5) is 0 Å². The molecule has 2 rings (SSSR count). The molecule has 0 unspecified atom stereocenters. The van der Waals surface area contributed by atoms with E-state index in [0.717, 1.165) is 16.9 Å². The van der Waals surface area contributed by atoms with E-state index in [1.54, 1.807) is 7.11 Å². The molecule has 5 heteroatoms. The van der Waals surface area contributed by atoms with Gasteiger partial charge in [0.05, 0.1) is 7.11 Å². The number of carbonyl (C=O) groups excluding carboxylic acids is 1. The molecule has 0 fully saturated rings. The second kappa shape index (κ2) is 9.01. The molecule has 0 spiro atoms. The van der Waals surface area contributed by atoms with E-state index < -0.39 is 5.91 Å². The summed E-state index contributed by atoms with van der Waals surface area (Å²) in [5.74, 6) is 0.360. The summed E-state index contributed by atoms with van der Waals surface area (Å²) in [6, 6.07) is 19.0. The minimum atomic E-state index is -0.403. The fourth-order valence-electron chi connectivity index (χ4n) is 2.08. The number of ether oxygens (including phenoxy) is 1. The Morgan fingerprint density at radius 2 is 1.88 bits per heavy atom. The van der Waals surface area contributed by atoms with Crippen molar-refractivity contribution in [2.24, 2.45) is 0 Å². The number of benzene rings is 2. The predicted molar refractivity (Wildman–Crippen MR) is 91.8 cm³/mol. The van der Waals surface area contributed by atoms with E-state index in [2.05, 4.69) is 10.6 Å². The monoisotopic (exact) mass is 321 g/mol. The molecular formula is C19H19N3O2. The second-order valence-electron chi connectivity index (χ2n) is 5.07. The van der Waals surface area contributed by atoms with Crippen LogP contribution in [0.2, 0.25) is 0 Å². The first-order chi connectivity index (χ1) is 11.7. The van der Waals surface area contributed by atoms with Crippen LogP contribution in [0.15, 0.2) is 66.4 Å². The van der Waals surface area contributed by atoms with Gasteiger partial charge < -0.3 is 15.4 Å². The maximum absolute atomic E-state index is 12.0. The number of nitrogens with zero attached hydrogens (tertiary/aromatic N) is 1. The Morgan fingerprint density at radius 1 is 1.12 bits per heavy atom. The van der Waals surface area contributed by atoms with Crippen LogP contribution >= 0.6 is 0 Å². The summed E-state index contributed by atoms with van der Waals surface area (Å²) < 4.78 is 5.16. The lowest BCUT2D eigenvalue weighted by Gasteiger charge is -2.06. The molecule has 0 aliphatic carbocycles. The zero-order chi connectivity index (χ0) is 17.2. The highest BCUT2D eigenvalue weighted by Crippen LogP contribution is 2.12. The number of carbonyl (C=O) groups is 1. The lowest BCUT2D eigenvalue weighted by Crippen LogP contribution is -2.25. The van der Waals surface area contributed by atoms with Crippen molar-refractivity contribution in [3.8, 4) is 11.8 Å². The molecule has 0 saturated carbocycles. The molecule has 0 radical (unpaired) electrons. The van der Waals surface area contributed by atoms with E-state index in [0.29, 0.717) is 13.1 Å². The molecule has 0 aliphatic heterocycles. The predicted octanol–water partition coefficient (Wildman–Crippen LogP) is 2.51. The quantitative estimate of drug-likeness (QED) is 0.607. The summed E-state index contributed by atoms with van der Waals surface area (Å²) in [6.45, 7) is 0.878. The molecule has 2 aromatic carbocycles. The highest BCUT2D eigenvalue weighted by Gasteiger charge is 2.08. The summed E-state index contributed by atoms with van der Waals surface area (Å²) in [5.41, 5.74) is 2.01. The lowest BCUT2D eigenvalue weighted by molar-refractivity contribution is -0.117. The van der Waals surface area contributed by atoms with Gasteiger partial charge in [-0.2, -0.15) is 5.26 Å². The van der Waals surface area contributed by atoms with Crippen molar-refractivity contribution in [2.75, 3.05) is 7.11 Å². The van der Waals surface area contributed by atoms with Crippen molar-refractivity contribution < 1.29 is 9.53 Å². The van der Waals surface area contributed by atoms with Gasteiger partial charge in [0.25, 0.3) is 5.91 Å². The molecule has 2 aromatic rings. The molecule has 2 N–H and O–H groups in total.